The topological polar surface area (TPSA) is 7.68 Å². The Balaban J connectivity index is 4.62. The first-order valence-electron chi connectivity index (χ1n) is 5.41. The molecule has 84 valence electrons. The van der Waals surface area contributed by atoms with Crippen molar-refractivity contribution in [1.82, 2.24) is 4.90 Å². The molecule has 0 aromatic heterocycles. The first-order chi connectivity index (χ1) is 6.62. The summed E-state index contributed by atoms with van der Waals surface area (Å²) < 4.78 is 0.701. The van der Waals surface area contributed by atoms with E-state index in [4.69, 9.17) is 24.8 Å². The van der Waals surface area contributed by atoms with Gasteiger partial charge in [0.05, 0.1) is 13.1 Å². The van der Waals surface area contributed by atoms with E-state index in [1.807, 2.05) is 0 Å². The molecule has 0 aromatic rings. The van der Waals surface area contributed by atoms with Crippen LogP contribution in [0.1, 0.15) is 27.7 Å². The van der Waals surface area contributed by atoms with E-state index in [0.717, 1.165) is 26.2 Å². The summed E-state index contributed by atoms with van der Waals surface area (Å²) in [4.78, 5) is 3.81. The maximum absolute atomic E-state index is 5.19. The molecule has 0 fully saturated rings. The van der Waals surface area contributed by atoms with Crippen LogP contribution in [0.25, 0.3) is 0 Å². The van der Waals surface area contributed by atoms with E-state index in [-0.39, 0.29) is 6.17 Å². The lowest BCUT2D eigenvalue weighted by Gasteiger charge is -2.37. The fourth-order valence-electron chi connectivity index (χ4n) is 1.80. The van der Waals surface area contributed by atoms with Gasteiger partial charge in [0.15, 0.2) is 6.17 Å². The van der Waals surface area contributed by atoms with Crippen LogP contribution in [-0.2, 0) is 12.6 Å². The first-order valence-corrected chi connectivity index (χ1v) is 6.23. The van der Waals surface area contributed by atoms with Crippen molar-refractivity contribution in [2.75, 3.05) is 26.2 Å². The van der Waals surface area contributed by atoms with Crippen LogP contribution in [0, 0.1) is 0 Å². The summed E-state index contributed by atoms with van der Waals surface area (Å²) in [6, 6.07) is 0. The molecule has 0 saturated heterocycles. The van der Waals surface area contributed by atoms with Crippen LogP contribution in [0.15, 0.2) is 0 Å². The van der Waals surface area contributed by atoms with Crippen LogP contribution in [0.3, 0.4) is 0 Å². The fourth-order valence-corrected chi connectivity index (χ4v) is 2.43. The lowest BCUT2D eigenvalue weighted by Crippen LogP contribution is -3.18. The van der Waals surface area contributed by atoms with Gasteiger partial charge in [-0.15, -0.1) is 0 Å². The predicted octanol–water partition coefficient (Wildman–Crippen LogP) is 0.453. The Morgan fingerprint density at radius 1 is 1.21 bits per heavy atom. The standard InChI is InChI=1S/C10H22N2S2/c1-5-11(6-2)9(10(13)14)12(7-3)8-4/h9H,5-8H2,1-4H3,(H,13,14). The Kier molecular flexibility index (Phi) is 7.64. The van der Waals surface area contributed by atoms with Gasteiger partial charge < -0.3 is 29.7 Å². The Hall–Kier alpha value is 0.230. The zero-order chi connectivity index (χ0) is 11.1. The molecule has 0 rings (SSSR count). The van der Waals surface area contributed by atoms with Crippen molar-refractivity contribution in [2.45, 2.75) is 33.9 Å². The van der Waals surface area contributed by atoms with Crippen LogP contribution in [0.4, 0.5) is 0 Å². The minimum absolute atomic E-state index is 0.241. The second-order valence-electron chi connectivity index (χ2n) is 3.31. The monoisotopic (exact) mass is 234 g/mol. The van der Waals surface area contributed by atoms with Crippen molar-refractivity contribution in [3.63, 3.8) is 0 Å². The lowest BCUT2D eigenvalue weighted by atomic mass is 10.3. The van der Waals surface area contributed by atoms with E-state index in [1.165, 1.54) is 4.90 Å². The molecule has 1 N–H and O–H groups in total. The molecule has 0 radical (unpaired) electrons. The second kappa shape index (κ2) is 7.51. The van der Waals surface area contributed by atoms with Crippen molar-refractivity contribution in [3.05, 3.63) is 0 Å². The average Bonchev–Trinajstić information content (AvgIpc) is 2.18. The van der Waals surface area contributed by atoms with Crippen LogP contribution in [-0.4, -0.2) is 41.4 Å². The van der Waals surface area contributed by atoms with E-state index in [1.54, 1.807) is 0 Å². The third kappa shape index (κ3) is 3.77. The average molecular weight is 234 g/mol. The summed E-state index contributed by atoms with van der Waals surface area (Å²) in [6.07, 6.45) is 0.241. The minimum Gasteiger partial charge on any atom is -0.426 e. The van der Waals surface area contributed by atoms with E-state index in [9.17, 15) is 0 Å². The molecule has 0 saturated carbocycles. The molecule has 0 aliphatic rings. The van der Waals surface area contributed by atoms with Gasteiger partial charge in [0, 0.05) is 13.1 Å². The van der Waals surface area contributed by atoms with E-state index in [0.29, 0.717) is 4.20 Å². The number of thiocarbonyl (C=S) groups is 1. The Labute approximate surface area is 99.1 Å². The van der Waals surface area contributed by atoms with Gasteiger partial charge in [-0.3, -0.25) is 4.90 Å². The van der Waals surface area contributed by atoms with Gasteiger partial charge in [-0.2, -0.15) is 0 Å². The van der Waals surface area contributed by atoms with Crippen molar-refractivity contribution < 1.29 is 4.90 Å². The smallest absolute Gasteiger partial charge is 0.152 e. The zero-order valence-electron chi connectivity index (χ0n) is 9.67. The molecule has 1 unspecified atom stereocenters. The third-order valence-electron chi connectivity index (χ3n) is 2.70. The maximum Gasteiger partial charge on any atom is 0.152 e. The quantitative estimate of drug-likeness (QED) is 0.389. The van der Waals surface area contributed by atoms with Gasteiger partial charge in [-0.1, -0.05) is 18.0 Å². The van der Waals surface area contributed by atoms with Gasteiger partial charge in [0.25, 0.3) is 0 Å². The van der Waals surface area contributed by atoms with E-state index in [2.05, 4.69) is 32.6 Å². The molecule has 14 heavy (non-hydrogen) atoms. The van der Waals surface area contributed by atoms with Gasteiger partial charge >= 0.3 is 0 Å². The summed E-state index contributed by atoms with van der Waals surface area (Å²) in [7, 11) is 0. The van der Waals surface area contributed by atoms with Crippen molar-refractivity contribution in [3.8, 4) is 0 Å². The Bertz CT molecular complexity index is 154. The third-order valence-corrected chi connectivity index (χ3v) is 3.14. The highest BCUT2D eigenvalue weighted by atomic mass is 32.1. The van der Waals surface area contributed by atoms with E-state index < -0.39 is 0 Å². The van der Waals surface area contributed by atoms with Crippen LogP contribution in [0.5, 0.6) is 0 Å². The summed E-state index contributed by atoms with van der Waals surface area (Å²) in [5.41, 5.74) is 0. The minimum atomic E-state index is 0.241. The molecule has 0 aliphatic heterocycles. The van der Waals surface area contributed by atoms with Crippen molar-refractivity contribution in [2.24, 2.45) is 0 Å². The SMILES string of the molecule is CCN(CC)C(C(=S)[S-])[NH+](CC)CC. The van der Waals surface area contributed by atoms with Gasteiger partial charge in [0.2, 0.25) is 0 Å². The number of nitrogens with one attached hydrogen (secondary N) is 1. The predicted molar refractivity (Wildman–Crippen MR) is 68.7 cm³/mol. The molecule has 2 nitrogen and oxygen atoms in total. The molecule has 0 heterocycles. The van der Waals surface area contributed by atoms with Crippen molar-refractivity contribution >= 4 is 29.0 Å². The Morgan fingerprint density at radius 3 is 1.86 bits per heavy atom. The largest absolute Gasteiger partial charge is 0.426 e. The summed E-state index contributed by atoms with van der Waals surface area (Å²) in [5.74, 6) is 0. The Morgan fingerprint density at radius 2 is 1.64 bits per heavy atom. The van der Waals surface area contributed by atoms with Gasteiger partial charge in [0.1, 0.15) is 0 Å². The number of hydrogen-bond acceptors (Lipinski definition) is 3. The molecule has 4 heteroatoms. The molecule has 0 bridgehead atoms. The molecule has 0 amide bonds. The van der Waals surface area contributed by atoms with Crippen LogP contribution in [0.2, 0.25) is 0 Å². The highest BCUT2D eigenvalue weighted by molar-refractivity contribution is 8.00. The van der Waals surface area contributed by atoms with Gasteiger partial charge in [-0.05, 0) is 13.8 Å². The van der Waals surface area contributed by atoms with Crippen molar-refractivity contribution in [1.29, 1.82) is 0 Å². The number of rotatable bonds is 7. The number of hydrogen-bond donors (Lipinski definition) is 1. The molecule has 0 aromatic carbocycles. The first kappa shape index (κ1) is 14.2. The molecule has 0 aliphatic carbocycles. The number of quaternary nitrogens is 1. The van der Waals surface area contributed by atoms with Gasteiger partial charge in [-0.25, -0.2) is 0 Å². The number of nitrogens with zero attached hydrogens (tertiary/aromatic N) is 1. The van der Waals surface area contributed by atoms with E-state index >= 15 is 0 Å². The van der Waals surface area contributed by atoms with Crippen LogP contribution < -0.4 is 4.90 Å². The maximum atomic E-state index is 5.19. The summed E-state index contributed by atoms with van der Waals surface area (Å²) in [6.45, 7) is 12.9. The molecular formula is C10H22N2S2. The molecular weight excluding hydrogens is 212 g/mol. The zero-order valence-corrected chi connectivity index (χ0v) is 11.3. The highest BCUT2D eigenvalue weighted by Crippen LogP contribution is 1.95. The summed E-state index contributed by atoms with van der Waals surface area (Å²) >= 11 is 10.4. The van der Waals surface area contributed by atoms with Crippen LogP contribution >= 0.6 is 12.2 Å². The molecule has 0 spiro atoms. The molecule has 1 atom stereocenters. The fraction of sp³-hybridized carbons (Fsp3) is 0.900. The summed E-state index contributed by atoms with van der Waals surface area (Å²) in [5, 5.41) is 0. The second-order valence-corrected chi connectivity index (χ2v) is 4.45. The highest BCUT2D eigenvalue weighted by Gasteiger charge is 2.22. The normalized spacial score (nSPS) is 13.6. The lowest BCUT2D eigenvalue weighted by molar-refractivity contribution is -0.922.